The molecule has 0 saturated heterocycles. The highest BCUT2D eigenvalue weighted by molar-refractivity contribution is 9.10. The van der Waals surface area contributed by atoms with Crippen molar-refractivity contribution >= 4 is 21.6 Å². The Kier molecular flexibility index (Phi) is 6.68. The van der Waals surface area contributed by atoms with E-state index in [1.807, 2.05) is 18.2 Å². The Bertz CT molecular complexity index is 387. The zero-order chi connectivity index (χ0) is 12.5. The molecule has 1 rings (SSSR count). The van der Waals surface area contributed by atoms with Crippen molar-refractivity contribution in [3.63, 3.8) is 0 Å². The Hall–Kier alpha value is -1.05. The van der Waals surface area contributed by atoms with Crippen molar-refractivity contribution in [3.05, 3.63) is 28.2 Å². The van der Waals surface area contributed by atoms with Gasteiger partial charge in [0.25, 0.3) is 0 Å². The first-order valence-corrected chi connectivity index (χ1v) is 6.58. The normalized spacial score (nSPS) is 9.94. The summed E-state index contributed by atoms with van der Waals surface area (Å²) in [5.41, 5.74) is 1.54. The van der Waals surface area contributed by atoms with E-state index in [1.54, 1.807) is 0 Å². The molecule has 4 heteroatoms. The van der Waals surface area contributed by atoms with Crippen LogP contribution in [-0.2, 0) is 4.74 Å². The van der Waals surface area contributed by atoms with Crippen molar-refractivity contribution < 1.29 is 4.74 Å². The number of nitrogens with one attached hydrogen (secondary N) is 1. The first kappa shape index (κ1) is 14.0. The molecule has 0 fully saturated rings. The van der Waals surface area contributed by atoms with E-state index in [0.29, 0.717) is 5.56 Å². The molecule has 0 heterocycles. The lowest BCUT2D eigenvalue weighted by atomic mass is 10.2. The lowest BCUT2D eigenvalue weighted by molar-refractivity contribution is 0.134. The van der Waals surface area contributed by atoms with E-state index in [2.05, 4.69) is 34.2 Å². The number of rotatable bonds is 7. The van der Waals surface area contributed by atoms with Crippen LogP contribution in [0.5, 0.6) is 0 Å². The molecule has 17 heavy (non-hydrogen) atoms. The first-order chi connectivity index (χ1) is 8.27. The molecule has 0 aromatic heterocycles. The zero-order valence-corrected chi connectivity index (χ0v) is 11.6. The maximum Gasteiger partial charge on any atom is 0.101 e. The van der Waals surface area contributed by atoms with Crippen LogP contribution in [0.1, 0.15) is 25.3 Å². The van der Waals surface area contributed by atoms with Crippen LogP contribution in [0.25, 0.3) is 0 Å². The summed E-state index contributed by atoms with van der Waals surface area (Å²) in [7, 11) is 0. The summed E-state index contributed by atoms with van der Waals surface area (Å²) in [5, 5.41) is 12.2. The van der Waals surface area contributed by atoms with Gasteiger partial charge in [-0.1, -0.05) is 22.9 Å². The smallest absolute Gasteiger partial charge is 0.101 e. The summed E-state index contributed by atoms with van der Waals surface area (Å²) < 4.78 is 6.31. The highest BCUT2D eigenvalue weighted by Gasteiger charge is 2.01. The molecule has 0 unspecified atom stereocenters. The molecule has 1 aromatic carbocycles. The molecular formula is C13H17BrN2O. The van der Waals surface area contributed by atoms with Crippen molar-refractivity contribution in [1.82, 2.24) is 0 Å². The third-order valence-corrected chi connectivity index (χ3v) is 2.72. The third-order valence-electron chi connectivity index (χ3n) is 2.23. The second-order valence-electron chi connectivity index (χ2n) is 3.69. The average Bonchev–Trinajstić information content (AvgIpc) is 2.35. The Morgan fingerprint density at radius 1 is 1.41 bits per heavy atom. The predicted molar refractivity (Wildman–Crippen MR) is 73.1 cm³/mol. The predicted octanol–water partition coefficient (Wildman–Crippen LogP) is 3.55. The quantitative estimate of drug-likeness (QED) is 0.783. The molecule has 0 spiro atoms. The molecule has 1 N–H and O–H groups in total. The van der Waals surface area contributed by atoms with E-state index in [1.165, 1.54) is 0 Å². The molecule has 0 aliphatic rings. The van der Waals surface area contributed by atoms with E-state index in [-0.39, 0.29) is 0 Å². The summed E-state index contributed by atoms with van der Waals surface area (Å²) in [4.78, 5) is 0. The molecule has 0 bridgehead atoms. The van der Waals surface area contributed by atoms with Gasteiger partial charge in [0.05, 0.1) is 11.3 Å². The summed E-state index contributed by atoms with van der Waals surface area (Å²) in [6.45, 7) is 4.50. The van der Waals surface area contributed by atoms with Crippen LogP contribution in [-0.4, -0.2) is 19.8 Å². The molecule has 0 aliphatic heterocycles. The van der Waals surface area contributed by atoms with Crippen molar-refractivity contribution in [3.8, 4) is 6.07 Å². The van der Waals surface area contributed by atoms with Gasteiger partial charge in [0.2, 0.25) is 0 Å². The standard InChI is InChI=1S/C13H17BrN2O/c1-2-7-17-8-3-6-16-13-5-4-12(14)9-11(13)10-15/h4-5,9,16H,2-3,6-8H2,1H3. The number of hydrogen-bond acceptors (Lipinski definition) is 3. The molecule has 3 nitrogen and oxygen atoms in total. The third kappa shape index (κ3) is 5.20. The van der Waals surface area contributed by atoms with Crippen LogP contribution in [0, 0.1) is 11.3 Å². The number of nitrogens with zero attached hydrogens (tertiary/aromatic N) is 1. The van der Waals surface area contributed by atoms with Crippen molar-refractivity contribution in [2.75, 3.05) is 25.1 Å². The summed E-state index contributed by atoms with van der Waals surface area (Å²) in [5.74, 6) is 0. The second kappa shape index (κ2) is 8.10. The fourth-order valence-electron chi connectivity index (χ4n) is 1.41. The minimum atomic E-state index is 0.661. The van der Waals surface area contributed by atoms with Crippen molar-refractivity contribution in [2.45, 2.75) is 19.8 Å². The highest BCUT2D eigenvalue weighted by atomic mass is 79.9. The minimum absolute atomic E-state index is 0.661. The van der Waals surface area contributed by atoms with Crippen LogP contribution in [0.4, 0.5) is 5.69 Å². The average molecular weight is 297 g/mol. The first-order valence-electron chi connectivity index (χ1n) is 5.79. The lowest BCUT2D eigenvalue weighted by Gasteiger charge is -2.08. The summed E-state index contributed by atoms with van der Waals surface area (Å²) >= 11 is 3.35. The van der Waals surface area contributed by atoms with E-state index in [9.17, 15) is 0 Å². The van der Waals surface area contributed by atoms with E-state index in [0.717, 1.165) is 42.8 Å². The van der Waals surface area contributed by atoms with E-state index >= 15 is 0 Å². The number of nitriles is 1. The zero-order valence-electron chi connectivity index (χ0n) is 10.0. The molecule has 0 radical (unpaired) electrons. The van der Waals surface area contributed by atoms with Crippen LogP contribution in [0.3, 0.4) is 0 Å². The van der Waals surface area contributed by atoms with Crippen LogP contribution < -0.4 is 5.32 Å². The molecule has 1 aromatic rings. The summed E-state index contributed by atoms with van der Waals surface area (Å²) in [6.07, 6.45) is 2.00. The van der Waals surface area contributed by atoms with Gasteiger partial charge in [-0.2, -0.15) is 5.26 Å². The molecule has 0 aliphatic carbocycles. The van der Waals surface area contributed by atoms with Gasteiger partial charge in [-0.25, -0.2) is 0 Å². The van der Waals surface area contributed by atoms with Gasteiger partial charge in [0, 0.05) is 24.2 Å². The Morgan fingerprint density at radius 3 is 2.94 bits per heavy atom. The maximum absolute atomic E-state index is 8.98. The monoisotopic (exact) mass is 296 g/mol. The van der Waals surface area contributed by atoms with Gasteiger partial charge in [-0.05, 0) is 31.0 Å². The van der Waals surface area contributed by atoms with Gasteiger partial charge in [-0.3, -0.25) is 0 Å². The maximum atomic E-state index is 8.98. The molecule has 0 amide bonds. The second-order valence-corrected chi connectivity index (χ2v) is 4.61. The summed E-state index contributed by atoms with van der Waals surface area (Å²) in [6, 6.07) is 7.83. The van der Waals surface area contributed by atoms with Crippen LogP contribution in [0.15, 0.2) is 22.7 Å². The Labute approximate surface area is 111 Å². The van der Waals surface area contributed by atoms with Gasteiger partial charge < -0.3 is 10.1 Å². The van der Waals surface area contributed by atoms with Gasteiger partial charge in [-0.15, -0.1) is 0 Å². The Morgan fingerprint density at radius 2 is 2.24 bits per heavy atom. The van der Waals surface area contributed by atoms with Crippen molar-refractivity contribution in [2.24, 2.45) is 0 Å². The number of ether oxygens (including phenoxy) is 1. The number of hydrogen-bond donors (Lipinski definition) is 1. The fraction of sp³-hybridized carbons (Fsp3) is 0.462. The van der Waals surface area contributed by atoms with E-state index < -0.39 is 0 Å². The number of anilines is 1. The topological polar surface area (TPSA) is 45.0 Å². The van der Waals surface area contributed by atoms with Crippen LogP contribution >= 0.6 is 15.9 Å². The molecule has 0 atom stereocenters. The van der Waals surface area contributed by atoms with Gasteiger partial charge >= 0.3 is 0 Å². The number of halogens is 1. The molecule has 92 valence electrons. The Balaban J connectivity index is 2.34. The van der Waals surface area contributed by atoms with Gasteiger partial charge in [0.15, 0.2) is 0 Å². The minimum Gasteiger partial charge on any atom is -0.384 e. The lowest BCUT2D eigenvalue weighted by Crippen LogP contribution is -2.07. The largest absolute Gasteiger partial charge is 0.384 e. The SMILES string of the molecule is CCCOCCCNc1ccc(Br)cc1C#N. The van der Waals surface area contributed by atoms with Crippen LogP contribution in [0.2, 0.25) is 0 Å². The number of benzene rings is 1. The van der Waals surface area contributed by atoms with E-state index in [4.69, 9.17) is 10.00 Å². The van der Waals surface area contributed by atoms with Gasteiger partial charge in [0.1, 0.15) is 6.07 Å². The van der Waals surface area contributed by atoms with Crippen molar-refractivity contribution in [1.29, 1.82) is 5.26 Å². The highest BCUT2D eigenvalue weighted by Crippen LogP contribution is 2.20. The fourth-order valence-corrected chi connectivity index (χ4v) is 1.77. The molecular weight excluding hydrogens is 280 g/mol. The molecule has 0 saturated carbocycles.